The molecule has 0 saturated heterocycles. The molecule has 1 amide bonds. The minimum absolute atomic E-state index is 0.0319. The summed E-state index contributed by atoms with van der Waals surface area (Å²) in [5, 5.41) is 2.83. The van der Waals surface area contributed by atoms with Crippen molar-refractivity contribution in [1.29, 1.82) is 0 Å². The Morgan fingerprint density at radius 1 is 1.27 bits per heavy atom. The monoisotopic (exact) mass is 203 g/mol. The zero-order valence-electron chi connectivity index (χ0n) is 9.50. The molecule has 2 nitrogen and oxygen atoms in total. The Labute approximate surface area is 91.0 Å². The van der Waals surface area contributed by atoms with Gasteiger partial charge in [-0.15, -0.1) is 0 Å². The first-order valence-corrected chi connectivity index (χ1v) is 5.06. The molecule has 1 rings (SSSR count). The summed E-state index contributed by atoms with van der Waals surface area (Å²) in [5.41, 5.74) is 3.36. The van der Waals surface area contributed by atoms with Gasteiger partial charge in [0.25, 0.3) is 0 Å². The normalized spacial score (nSPS) is 9.53. The van der Waals surface area contributed by atoms with Crippen molar-refractivity contribution < 1.29 is 4.79 Å². The second-order valence-corrected chi connectivity index (χ2v) is 3.93. The molecule has 1 aromatic carbocycles. The topological polar surface area (TPSA) is 29.1 Å². The van der Waals surface area contributed by atoms with Gasteiger partial charge < -0.3 is 5.32 Å². The second-order valence-electron chi connectivity index (χ2n) is 3.93. The molecule has 0 aliphatic carbocycles. The van der Waals surface area contributed by atoms with Gasteiger partial charge in [-0.2, -0.15) is 0 Å². The number of nitrogens with one attached hydrogen (secondary N) is 1. The molecule has 0 aromatic heterocycles. The number of carbonyl (C=O) groups is 1. The van der Waals surface area contributed by atoms with Crippen LogP contribution in [-0.2, 0) is 11.3 Å². The molecule has 1 aromatic rings. The summed E-state index contributed by atoms with van der Waals surface area (Å²) in [6, 6.07) is 8.14. The van der Waals surface area contributed by atoms with Crippen LogP contribution in [0, 0.1) is 6.92 Å². The van der Waals surface area contributed by atoms with E-state index in [-0.39, 0.29) is 5.91 Å². The average molecular weight is 203 g/mol. The average Bonchev–Trinajstić information content (AvgIpc) is 2.16. The molecule has 1 N–H and O–H groups in total. The van der Waals surface area contributed by atoms with Gasteiger partial charge in [-0.05, 0) is 26.3 Å². The lowest BCUT2D eigenvalue weighted by Crippen LogP contribution is -2.20. The van der Waals surface area contributed by atoms with Crippen LogP contribution in [0.2, 0.25) is 0 Å². The Bertz CT molecular complexity index is 359. The van der Waals surface area contributed by atoms with Gasteiger partial charge in [-0.3, -0.25) is 4.79 Å². The number of rotatable bonds is 3. The molecule has 0 heterocycles. The number of carbonyl (C=O) groups excluding carboxylic acids is 1. The SMILES string of the molecule is CC(C)=CC(=O)NCc1ccc(C)cc1. The molecule has 0 unspecified atom stereocenters. The standard InChI is InChI=1S/C13H17NO/c1-10(2)8-13(15)14-9-12-6-4-11(3)5-7-12/h4-8H,9H2,1-3H3,(H,14,15). The molecule has 0 aliphatic heterocycles. The molecule has 0 saturated carbocycles. The van der Waals surface area contributed by atoms with Crippen molar-refractivity contribution >= 4 is 5.91 Å². The summed E-state index contributed by atoms with van der Waals surface area (Å²) in [4.78, 5) is 11.3. The number of benzene rings is 1. The molecule has 2 heteroatoms. The van der Waals surface area contributed by atoms with Gasteiger partial charge in [0.05, 0.1) is 0 Å². The maximum atomic E-state index is 11.3. The van der Waals surface area contributed by atoms with Crippen molar-refractivity contribution in [2.24, 2.45) is 0 Å². The van der Waals surface area contributed by atoms with Crippen LogP contribution in [0.25, 0.3) is 0 Å². The molecule has 15 heavy (non-hydrogen) atoms. The molecule has 0 atom stereocenters. The highest BCUT2D eigenvalue weighted by Crippen LogP contribution is 2.02. The summed E-state index contributed by atoms with van der Waals surface area (Å²) in [6.07, 6.45) is 1.61. The summed E-state index contributed by atoms with van der Waals surface area (Å²) in [5.74, 6) is -0.0319. The van der Waals surface area contributed by atoms with Crippen LogP contribution in [0.4, 0.5) is 0 Å². The van der Waals surface area contributed by atoms with Crippen LogP contribution >= 0.6 is 0 Å². The lowest BCUT2D eigenvalue weighted by atomic mass is 10.1. The van der Waals surface area contributed by atoms with Crippen molar-refractivity contribution in [3.8, 4) is 0 Å². The molecule has 0 fully saturated rings. The molecule has 80 valence electrons. The number of amides is 1. The summed E-state index contributed by atoms with van der Waals surface area (Å²) in [7, 11) is 0. The first-order chi connectivity index (χ1) is 7.08. The van der Waals surface area contributed by atoms with E-state index in [0.29, 0.717) is 6.54 Å². The van der Waals surface area contributed by atoms with E-state index in [1.807, 2.05) is 45.0 Å². The maximum absolute atomic E-state index is 11.3. The Hall–Kier alpha value is -1.57. The first kappa shape index (κ1) is 11.5. The van der Waals surface area contributed by atoms with Crippen molar-refractivity contribution in [2.45, 2.75) is 27.3 Å². The fourth-order valence-corrected chi connectivity index (χ4v) is 1.21. The van der Waals surface area contributed by atoms with Crippen LogP contribution < -0.4 is 5.32 Å². The van der Waals surface area contributed by atoms with E-state index in [4.69, 9.17) is 0 Å². The smallest absolute Gasteiger partial charge is 0.244 e. The quantitative estimate of drug-likeness (QED) is 0.752. The van der Waals surface area contributed by atoms with Gasteiger partial charge in [-0.1, -0.05) is 35.4 Å². The van der Waals surface area contributed by atoms with Crippen LogP contribution in [0.15, 0.2) is 35.9 Å². The minimum Gasteiger partial charge on any atom is -0.348 e. The summed E-state index contributed by atoms with van der Waals surface area (Å²) < 4.78 is 0. The van der Waals surface area contributed by atoms with Gasteiger partial charge in [0, 0.05) is 12.6 Å². The van der Waals surface area contributed by atoms with Crippen molar-refractivity contribution in [2.75, 3.05) is 0 Å². The number of hydrogen-bond acceptors (Lipinski definition) is 1. The first-order valence-electron chi connectivity index (χ1n) is 5.06. The van der Waals surface area contributed by atoms with Gasteiger partial charge in [0.15, 0.2) is 0 Å². The maximum Gasteiger partial charge on any atom is 0.244 e. The second kappa shape index (κ2) is 5.35. The molecule has 0 aliphatic rings. The van der Waals surface area contributed by atoms with Gasteiger partial charge in [-0.25, -0.2) is 0 Å². The Morgan fingerprint density at radius 2 is 1.87 bits per heavy atom. The third-order valence-electron chi connectivity index (χ3n) is 2.01. The predicted molar refractivity (Wildman–Crippen MR) is 62.5 cm³/mol. The highest BCUT2D eigenvalue weighted by Gasteiger charge is 1.96. The Morgan fingerprint density at radius 3 is 2.40 bits per heavy atom. The number of allylic oxidation sites excluding steroid dienone is 1. The van der Waals surface area contributed by atoms with Gasteiger partial charge >= 0.3 is 0 Å². The highest BCUT2D eigenvalue weighted by molar-refractivity contribution is 5.87. The van der Waals surface area contributed by atoms with E-state index in [2.05, 4.69) is 5.32 Å². The number of hydrogen-bond donors (Lipinski definition) is 1. The van der Waals surface area contributed by atoms with Crippen LogP contribution in [0.3, 0.4) is 0 Å². The fourth-order valence-electron chi connectivity index (χ4n) is 1.21. The van der Waals surface area contributed by atoms with Gasteiger partial charge in [0.1, 0.15) is 0 Å². The lowest BCUT2D eigenvalue weighted by molar-refractivity contribution is -0.116. The van der Waals surface area contributed by atoms with Crippen molar-refractivity contribution in [3.63, 3.8) is 0 Å². The van der Waals surface area contributed by atoms with Gasteiger partial charge in [0.2, 0.25) is 5.91 Å². The Kier molecular flexibility index (Phi) is 4.10. The molecular formula is C13H17NO. The lowest BCUT2D eigenvalue weighted by Gasteiger charge is -2.03. The highest BCUT2D eigenvalue weighted by atomic mass is 16.1. The van der Waals surface area contributed by atoms with E-state index in [9.17, 15) is 4.79 Å². The molecular weight excluding hydrogens is 186 g/mol. The zero-order chi connectivity index (χ0) is 11.3. The van der Waals surface area contributed by atoms with Crippen LogP contribution in [0.5, 0.6) is 0 Å². The predicted octanol–water partition coefficient (Wildman–Crippen LogP) is 2.58. The van der Waals surface area contributed by atoms with E-state index >= 15 is 0 Å². The third-order valence-corrected chi connectivity index (χ3v) is 2.01. The molecule has 0 radical (unpaired) electrons. The minimum atomic E-state index is -0.0319. The van der Waals surface area contributed by atoms with Crippen molar-refractivity contribution in [1.82, 2.24) is 5.32 Å². The molecule has 0 spiro atoms. The van der Waals surface area contributed by atoms with Crippen molar-refractivity contribution in [3.05, 3.63) is 47.0 Å². The largest absolute Gasteiger partial charge is 0.348 e. The van der Waals surface area contributed by atoms with Crippen LogP contribution in [0.1, 0.15) is 25.0 Å². The van der Waals surface area contributed by atoms with E-state index in [0.717, 1.165) is 11.1 Å². The van der Waals surface area contributed by atoms with E-state index < -0.39 is 0 Å². The Balaban J connectivity index is 2.47. The summed E-state index contributed by atoms with van der Waals surface area (Å²) >= 11 is 0. The zero-order valence-corrected chi connectivity index (χ0v) is 9.50. The molecule has 0 bridgehead atoms. The van der Waals surface area contributed by atoms with E-state index in [1.165, 1.54) is 5.56 Å². The number of aryl methyl sites for hydroxylation is 1. The van der Waals surface area contributed by atoms with E-state index in [1.54, 1.807) is 6.08 Å². The fraction of sp³-hybridized carbons (Fsp3) is 0.308. The summed E-state index contributed by atoms with van der Waals surface area (Å²) in [6.45, 7) is 6.45. The third kappa shape index (κ3) is 4.45. The van der Waals surface area contributed by atoms with Crippen LogP contribution in [-0.4, -0.2) is 5.91 Å².